The lowest BCUT2D eigenvalue weighted by Gasteiger charge is -2.14. The number of nitrogens with one attached hydrogen (secondary N) is 1. The van der Waals surface area contributed by atoms with Crippen molar-refractivity contribution >= 4 is 23.7 Å². The Morgan fingerprint density at radius 3 is 2.57 bits per heavy atom. The molecule has 2 rings (SSSR count). The van der Waals surface area contributed by atoms with E-state index in [0.29, 0.717) is 5.69 Å². The van der Waals surface area contributed by atoms with Gasteiger partial charge in [-0.3, -0.25) is 4.98 Å². The van der Waals surface area contributed by atoms with E-state index in [2.05, 4.69) is 15.3 Å². The largest absolute Gasteiger partial charge is 0.480 e. The number of carbonyl (C=O) groups excluding carboxylic acids is 1. The van der Waals surface area contributed by atoms with Crippen LogP contribution in [0.3, 0.4) is 0 Å². The zero-order valence-corrected chi connectivity index (χ0v) is 12.7. The van der Waals surface area contributed by atoms with Crippen LogP contribution in [0.15, 0.2) is 42.7 Å². The van der Waals surface area contributed by atoms with Crippen molar-refractivity contribution in [2.75, 3.05) is 0 Å². The van der Waals surface area contributed by atoms with Gasteiger partial charge in [-0.15, -0.1) is 0 Å². The molecule has 120 valence electrons. The summed E-state index contributed by atoms with van der Waals surface area (Å²) in [5.74, 6) is -1.20. The van der Waals surface area contributed by atoms with Gasteiger partial charge in [0, 0.05) is 6.42 Å². The van der Waals surface area contributed by atoms with Gasteiger partial charge in [-0.05, 0) is 5.56 Å². The molecule has 0 fully saturated rings. The molecule has 1 atom stereocenters. The average Bonchev–Trinajstić information content (AvgIpc) is 2.55. The van der Waals surface area contributed by atoms with E-state index in [1.165, 1.54) is 12.4 Å². The molecular formula is C15H14ClN3O4. The smallest absolute Gasteiger partial charge is 0.408 e. The molecule has 0 bridgehead atoms. The molecule has 0 aliphatic rings. The standard InChI is InChI=1S/C15H14ClN3O4/c16-13-8-17-11(7-18-13)6-12(14(20)21)19-15(22)23-9-10-4-2-1-3-5-10/h1-5,7-8,12H,6,9H2,(H,19,22)(H,20,21). The van der Waals surface area contributed by atoms with Gasteiger partial charge in [-0.1, -0.05) is 41.9 Å². The number of hydrogen-bond acceptors (Lipinski definition) is 5. The van der Waals surface area contributed by atoms with Crippen LogP contribution in [0.1, 0.15) is 11.3 Å². The van der Waals surface area contributed by atoms with Gasteiger partial charge < -0.3 is 15.2 Å². The van der Waals surface area contributed by atoms with Gasteiger partial charge in [-0.25, -0.2) is 14.6 Å². The van der Waals surface area contributed by atoms with E-state index in [1.54, 1.807) is 12.1 Å². The number of aliphatic carboxylic acids is 1. The minimum Gasteiger partial charge on any atom is -0.480 e. The van der Waals surface area contributed by atoms with E-state index < -0.39 is 18.1 Å². The Hall–Kier alpha value is -2.67. The van der Waals surface area contributed by atoms with Crippen molar-refractivity contribution in [3.63, 3.8) is 0 Å². The monoisotopic (exact) mass is 335 g/mol. The summed E-state index contributed by atoms with van der Waals surface area (Å²) in [6.45, 7) is 0.0553. The molecule has 1 amide bonds. The van der Waals surface area contributed by atoms with E-state index in [1.807, 2.05) is 18.2 Å². The normalized spacial score (nSPS) is 11.5. The molecule has 7 nitrogen and oxygen atoms in total. The fraction of sp³-hybridized carbons (Fsp3) is 0.200. The molecule has 0 radical (unpaired) electrons. The molecule has 1 unspecified atom stereocenters. The fourth-order valence-corrected chi connectivity index (χ4v) is 1.86. The molecule has 0 aliphatic heterocycles. The number of carbonyl (C=O) groups is 2. The van der Waals surface area contributed by atoms with E-state index in [9.17, 15) is 14.7 Å². The fourth-order valence-electron chi connectivity index (χ4n) is 1.76. The van der Waals surface area contributed by atoms with Crippen LogP contribution >= 0.6 is 11.6 Å². The van der Waals surface area contributed by atoms with E-state index in [-0.39, 0.29) is 18.2 Å². The second kappa shape index (κ2) is 8.09. The first kappa shape index (κ1) is 16.7. The van der Waals surface area contributed by atoms with Crippen molar-refractivity contribution in [1.29, 1.82) is 0 Å². The first-order chi connectivity index (χ1) is 11.0. The third kappa shape index (κ3) is 5.55. The summed E-state index contributed by atoms with van der Waals surface area (Å²) >= 11 is 5.61. The van der Waals surface area contributed by atoms with Crippen molar-refractivity contribution in [1.82, 2.24) is 15.3 Å². The van der Waals surface area contributed by atoms with Crippen molar-refractivity contribution in [2.45, 2.75) is 19.1 Å². The lowest BCUT2D eigenvalue weighted by atomic mass is 10.1. The highest BCUT2D eigenvalue weighted by Gasteiger charge is 2.22. The predicted octanol–water partition coefficient (Wildman–Crippen LogP) is 2.05. The summed E-state index contributed by atoms with van der Waals surface area (Å²) in [6, 6.07) is 7.90. The van der Waals surface area contributed by atoms with Crippen molar-refractivity contribution in [3.05, 3.63) is 59.1 Å². The van der Waals surface area contributed by atoms with Crippen LogP contribution < -0.4 is 5.32 Å². The van der Waals surface area contributed by atoms with E-state index >= 15 is 0 Å². The highest BCUT2D eigenvalue weighted by Crippen LogP contribution is 2.05. The summed E-state index contributed by atoms with van der Waals surface area (Å²) in [5, 5.41) is 11.7. The van der Waals surface area contributed by atoms with Crippen LogP contribution in [0.5, 0.6) is 0 Å². The number of ether oxygens (including phenoxy) is 1. The number of benzene rings is 1. The molecule has 0 spiro atoms. The molecule has 1 aromatic carbocycles. The molecular weight excluding hydrogens is 322 g/mol. The average molecular weight is 336 g/mol. The summed E-state index contributed by atoms with van der Waals surface area (Å²) in [6.07, 6.45) is 1.82. The number of rotatable bonds is 6. The third-order valence-electron chi connectivity index (χ3n) is 2.89. The number of hydrogen-bond donors (Lipinski definition) is 2. The number of carboxylic acids is 1. The van der Waals surface area contributed by atoms with Crippen LogP contribution in [0.4, 0.5) is 4.79 Å². The zero-order valence-electron chi connectivity index (χ0n) is 12.0. The van der Waals surface area contributed by atoms with E-state index in [0.717, 1.165) is 5.56 Å². The first-order valence-corrected chi connectivity index (χ1v) is 7.09. The molecule has 2 N–H and O–H groups in total. The third-order valence-corrected chi connectivity index (χ3v) is 3.09. The Balaban J connectivity index is 1.89. The van der Waals surface area contributed by atoms with Crippen LogP contribution in [-0.4, -0.2) is 33.2 Å². The molecule has 8 heteroatoms. The highest BCUT2D eigenvalue weighted by atomic mass is 35.5. The molecule has 1 aromatic heterocycles. The molecule has 0 saturated carbocycles. The van der Waals surface area contributed by atoms with Crippen LogP contribution in [-0.2, 0) is 22.6 Å². The number of aromatic nitrogens is 2. The Morgan fingerprint density at radius 1 is 1.22 bits per heavy atom. The Morgan fingerprint density at radius 2 is 1.96 bits per heavy atom. The molecule has 2 aromatic rings. The number of nitrogens with zero attached hydrogens (tertiary/aromatic N) is 2. The lowest BCUT2D eigenvalue weighted by molar-refractivity contribution is -0.139. The van der Waals surface area contributed by atoms with Gasteiger partial charge in [-0.2, -0.15) is 0 Å². The molecule has 1 heterocycles. The molecule has 23 heavy (non-hydrogen) atoms. The first-order valence-electron chi connectivity index (χ1n) is 6.71. The Kier molecular flexibility index (Phi) is 5.87. The summed E-state index contributed by atoms with van der Waals surface area (Å²) in [5.41, 5.74) is 1.20. The van der Waals surface area contributed by atoms with Crippen LogP contribution in [0.25, 0.3) is 0 Å². The van der Waals surface area contributed by atoms with E-state index in [4.69, 9.17) is 16.3 Å². The second-order valence-corrected chi connectivity index (χ2v) is 5.02. The number of halogens is 1. The van der Waals surface area contributed by atoms with Crippen LogP contribution in [0, 0.1) is 0 Å². The molecule has 0 aliphatic carbocycles. The maximum Gasteiger partial charge on any atom is 0.408 e. The van der Waals surface area contributed by atoms with Gasteiger partial charge in [0.05, 0.1) is 18.1 Å². The van der Waals surface area contributed by atoms with Gasteiger partial charge in [0.25, 0.3) is 0 Å². The zero-order chi connectivity index (χ0) is 16.7. The molecule has 0 saturated heterocycles. The van der Waals surface area contributed by atoms with Gasteiger partial charge >= 0.3 is 12.1 Å². The van der Waals surface area contributed by atoms with Crippen molar-refractivity contribution < 1.29 is 19.4 Å². The van der Waals surface area contributed by atoms with Crippen molar-refractivity contribution in [3.8, 4) is 0 Å². The summed E-state index contributed by atoms with van der Waals surface area (Å²) in [4.78, 5) is 30.7. The van der Waals surface area contributed by atoms with Crippen LogP contribution in [0.2, 0.25) is 5.15 Å². The number of carboxylic acid groups (broad SMARTS) is 1. The van der Waals surface area contributed by atoms with Gasteiger partial charge in [0.1, 0.15) is 17.8 Å². The lowest BCUT2D eigenvalue weighted by Crippen LogP contribution is -2.42. The van der Waals surface area contributed by atoms with Crippen molar-refractivity contribution in [2.24, 2.45) is 0 Å². The minimum atomic E-state index is -1.20. The topological polar surface area (TPSA) is 101 Å². The summed E-state index contributed by atoms with van der Waals surface area (Å²) < 4.78 is 5.00. The summed E-state index contributed by atoms with van der Waals surface area (Å²) in [7, 11) is 0. The number of amides is 1. The second-order valence-electron chi connectivity index (χ2n) is 4.63. The predicted molar refractivity (Wildman–Crippen MR) is 81.9 cm³/mol. The SMILES string of the molecule is O=C(NC(Cc1cnc(Cl)cn1)C(=O)O)OCc1ccccc1. The minimum absolute atomic E-state index is 0.0278. The number of alkyl carbamates (subject to hydrolysis) is 1. The van der Waals surface area contributed by atoms with Gasteiger partial charge in [0.2, 0.25) is 0 Å². The highest BCUT2D eigenvalue weighted by molar-refractivity contribution is 6.29. The quantitative estimate of drug-likeness (QED) is 0.837. The maximum absolute atomic E-state index is 11.7. The maximum atomic E-state index is 11.7. The Bertz CT molecular complexity index is 664. The Labute approximate surface area is 137 Å². The van der Waals surface area contributed by atoms with Gasteiger partial charge in [0.15, 0.2) is 0 Å².